The van der Waals surface area contributed by atoms with E-state index in [1.54, 1.807) is 0 Å². The molecule has 1 N–H and O–H groups in total. The predicted molar refractivity (Wildman–Crippen MR) is 78.0 cm³/mol. The van der Waals surface area contributed by atoms with Crippen LogP contribution in [0.3, 0.4) is 0 Å². The summed E-state index contributed by atoms with van der Waals surface area (Å²) in [4.78, 5) is 3.48. The minimum atomic E-state index is 1.23. The molecule has 0 saturated heterocycles. The van der Waals surface area contributed by atoms with Gasteiger partial charge in [0, 0.05) is 25.4 Å². The second-order valence-corrected chi connectivity index (χ2v) is 5.54. The summed E-state index contributed by atoms with van der Waals surface area (Å²) in [6.07, 6.45) is 0. The van der Waals surface area contributed by atoms with Crippen LogP contribution in [-0.4, -0.2) is 4.98 Å². The van der Waals surface area contributed by atoms with E-state index >= 15 is 0 Å². The first-order valence-corrected chi connectivity index (χ1v) is 6.41. The summed E-state index contributed by atoms with van der Waals surface area (Å²) in [5.74, 6) is 0. The van der Waals surface area contributed by atoms with Crippen LogP contribution in [-0.2, 0) is 0 Å². The second-order valence-electron chi connectivity index (χ2n) is 4.30. The standard InChI is InChI=1S/C14H12IN/c1-8-5-12-11-4-3-10(15)7-14(11)16-13(12)6-9(8)2/h3-7,16H,1-2H3. The van der Waals surface area contributed by atoms with Gasteiger partial charge < -0.3 is 4.98 Å². The molecule has 0 spiro atoms. The molecule has 0 aliphatic carbocycles. The quantitative estimate of drug-likeness (QED) is 0.585. The topological polar surface area (TPSA) is 15.8 Å². The molecule has 16 heavy (non-hydrogen) atoms. The largest absolute Gasteiger partial charge is 0.354 e. The summed E-state index contributed by atoms with van der Waals surface area (Å²) in [7, 11) is 0. The molecule has 0 aliphatic rings. The van der Waals surface area contributed by atoms with Crippen LogP contribution in [0, 0.1) is 17.4 Å². The number of aromatic nitrogens is 1. The Kier molecular flexibility index (Phi) is 2.21. The molecule has 3 aromatic rings. The number of aromatic amines is 1. The first kappa shape index (κ1) is 10.1. The van der Waals surface area contributed by atoms with Gasteiger partial charge in [0.15, 0.2) is 0 Å². The number of benzene rings is 2. The Labute approximate surface area is 108 Å². The van der Waals surface area contributed by atoms with Crippen molar-refractivity contribution in [3.8, 4) is 0 Å². The van der Waals surface area contributed by atoms with Crippen molar-refractivity contribution < 1.29 is 0 Å². The van der Waals surface area contributed by atoms with E-state index < -0.39 is 0 Å². The van der Waals surface area contributed by atoms with Crippen LogP contribution >= 0.6 is 22.6 Å². The number of aryl methyl sites for hydroxylation is 2. The summed E-state index contributed by atoms with van der Waals surface area (Å²) in [5, 5.41) is 2.65. The molecule has 1 heterocycles. The Balaban J connectivity index is 2.51. The van der Waals surface area contributed by atoms with Gasteiger partial charge in [-0.15, -0.1) is 0 Å². The molecule has 2 heteroatoms. The van der Waals surface area contributed by atoms with Crippen molar-refractivity contribution in [3.05, 3.63) is 45.0 Å². The number of rotatable bonds is 0. The Morgan fingerprint density at radius 3 is 2.38 bits per heavy atom. The third-order valence-electron chi connectivity index (χ3n) is 3.17. The van der Waals surface area contributed by atoms with Crippen molar-refractivity contribution in [2.24, 2.45) is 0 Å². The van der Waals surface area contributed by atoms with Crippen LogP contribution in [0.2, 0.25) is 0 Å². The van der Waals surface area contributed by atoms with Gasteiger partial charge in [-0.1, -0.05) is 6.07 Å². The number of fused-ring (bicyclic) bond motifs is 3. The molecule has 0 amide bonds. The molecule has 0 fully saturated rings. The van der Waals surface area contributed by atoms with Crippen LogP contribution in [0.25, 0.3) is 21.8 Å². The first-order valence-electron chi connectivity index (χ1n) is 5.33. The van der Waals surface area contributed by atoms with Crippen LogP contribution in [0.15, 0.2) is 30.3 Å². The molecule has 0 radical (unpaired) electrons. The van der Waals surface area contributed by atoms with Crippen molar-refractivity contribution in [3.63, 3.8) is 0 Å². The highest BCUT2D eigenvalue weighted by atomic mass is 127. The zero-order chi connectivity index (χ0) is 11.3. The smallest absolute Gasteiger partial charge is 0.0475 e. The lowest BCUT2D eigenvalue weighted by Gasteiger charge is -1.99. The lowest BCUT2D eigenvalue weighted by atomic mass is 10.1. The van der Waals surface area contributed by atoms with Crippen molar-refractivity contribution in [1.82, 2.24) is 4.98 Å². The molecule has 1 nitrogen and oxygen atoms in total. The maximum Gasteiger partial charge on any atom is 0.0475 e. The zero-order valence-electron chi connectivity index (χ0n) is 9.26. The fourth-order valence-corrected chi connectivity index (χ4v) is 2.63. The third-order valence-corrected chi connectivity index (χ3v) is 3.85. The van der Waals surface area contributed by atoms with Crippen LogP contribution < -0.4 is 0 Å². The molecule has 0 bridgehead atoms. The van der Waals surface area contributed by atoms with Crippen molar-refractivity contribution in [1.29, 1.82) is 0 Å². The van der Waals surface area contributed by atoms with Gasteiger partial charge >= 0.3 is 0 Å². The average Bonchev–Trinajstić information content (AvgIpc) is 2.55. The summed E-state index contributed by atoms with van der Waals surface area (Å²) >= 11 is 2.35. The Hall–Kier alpha value is -1.03. The van der Waals surface area contributed by atoms with Crippen molar-refractivity contribution in [2.75, 3.05) is 0 Å². The van der Waals surface area contributed by atoms with Crippen molar-refractivity contribution in [2.45, 2.75) is 13.8 Å². The molecule has 0 saturated carbocycles. The lowest BCUT2D eigenvalue weighted by molar-refractivity contribution is 1.36. The second kappa shape index (κ2) is 3.48. The Bertz CT molecular complexity index is 695. The molecule has 80 valence electrons. The Morgan fingerprint density at radius 2 is 1.56 bits per heavy atom. The monoisotopic (exact) mass is 321 g/mol. The molecule has 0 atom stereocenters. The van der Waals surface area contributed by atoms with Crippen LogP contribution in [0.5, 0.6) is 0 Å². The van der Waals surface area contributed by atoms with E-state index in [0.717, 1.165) is 0 Å². The van der Waals surface area contributed by atoms with Gasteiger partial charge in [-0.2, -0.15) is 0 Å². The maximum atomic E-state index is 3.48. The lowest BCUT2D eigenvalue weighted by Crippen LogP contribution is -1.79. The van der Waals surface area contributed by atoms with E-state index in [1.165, 1.54) is 36.5 Å². The van der Waals surface area contributed by atoms with Gasteiger partial charge in [0.25, 0.3) is 0 Å². The summed E-state index contributed by atoms with van der Waals surface area (Å²) in [6, 6.07) is 11.1. The van der Waals surface area contributed by atoms with E-state index in [4.69, 9.17) is 0 Å². The molecule has 0 aliphatic heterocycles. The predicted octanol–water partition coefficient (Wildman–Crippen LogP) is 4.54. The number of hydrogen-bond donors (Lipinski definition) is 1. The molecular weight excluding hydrogens is 309 g/mol. The normalized spacial score (nSPS) is 11.4. The van der Waals surface area contributed by atoms with E-state index in [-0.39, 0.29) is 0 Å². The van der Waals surface area contributed by atoms with E-state index in [9.17, 15) is 0 Å². The molecule has 1 aromatic heterocycles. The van der Waals surface area contributed by atoms with E-state index in [2.05, 4.69) is 71.8 Å². The maximum absolute atomic E-state index is 3.48. The number of halogens is 1. The minimum absolute atomic E-state index is 1.23. The zero-order valence-corrected chi connectivity index (χ0v) is 11.4. The molecular formula is C14H12IN. The average molecular weight is 321 g/mol. The van der Waals surface area contributed by atoms with Gasteiger partial charge in [0.05, 0.1) is 0 Å². The molecule has 0 unspecified atom stereocenters. The third kappa shape index (κ3) is 1.44. The summed E-state index contributed by atoms with van der Waals surface area (Å²) in [5.41, 5.74) is 5.16. The fourth-order valence-electron chi connectivity index (χ4n) is 2.14. The van der Waals surface area contributed by atoms with E-state index in [0.29, 0.717) is 0 Å². The van der Waals surface area contributed by atoms with Gasteiger partial charge in [0.1, 0.15) is 0 Å². The summed E-state index contributed by atoms with van der Waals surface area (Å²) < 4.78 is 1.27. The van der Waals surface area contributed by atoms with Crippen LogP contribution in [0.4, 0.5) is 0 Å². The highest BCUT2D eigenvalue weighted by Gasteiger charge is 2.05. The first-order chi connectivity index (χ1) is 7.65. The van der Waals surface area contributed by atoms with Gasteiger partial charge in [-0.25, -0.2) is 0 Å². The van der Waals surface area contributed by atoms with Crippen LogP contribution in [0.1, 0.15) is 11.1 Å². The van der Waals surface area contributed by atoms with Crippen molar-refractivity contribution >= 4 is 44.4 Å². The highest BCUT2D eigenvalue weighted by Crippen LogP contribution is 2.28. The van der Waals surface area contributed by atoms with Gasteiger partial charge in [-0.05, 0) is 71.8 Å². The number of nitrogens with one attached hydrogen (secondary N) is 1. The fraction of sp³-hybridized carbons (Fsp3) is 0.143. The summed E-state index contributed by atoms with van der Waals surface area (Å²) in [6.45, 7) is 4.32. The SMILES string of the molecule is Cc1cc2[nH]c3cc(I)ccc3c2cc1C. The number of H-pyrrole nitrogens is 1. The van der Waals surface area contributed by atoms with Gasteiger partial charge in [-0.3, -0.25) is 0 Å². The molecule has 2 aromatic carbocycles. The number of hydrogen-bond acceptors (Lipinski definition) is 0. The molecule has 3 rings (SSSR count). The highest BCUT2D eigenvalue weighted by molar-refractivity contribution is 14.1. The minimum Gasteiger partial charge on any atom is -0.354 e. The van der Waals surface area contributed by atoms with E-state index in [1.807, 2.05) is 0 Å². The van der Waals surface area contributed by atoms with Gasteiger partial charge in [0.2, 0.25) is 0 Å². The Morgan fingerprint density at radius 1 is 0.875 bits per heavy atom.